The second-order valence-corrected chi connectivity index (χ2v) is 37.6. The van der Waals surface area contributed by atoms with Gasteiger partial charge in [-0.1, -0.05) is 78.8 Å². The number of hydrogen-bond donors (Lipinski definition) is 0. The van der Waals surface area contributed by atoms with Crippen LogP contribution in [-0.4, -0.2) is 78.5 Å². The molecule has 10 heteroatoms. The molecule has 0 N–H and O–H groups in total. The van der Waals surface area contributed by atoms with E-state index in [4.69, 9.17) is 27.2 Å². The van der Waals surface area contributed by atoms with Gasteiger partial charge in [0, 0.05) is 26.9 Å². The SMILES string of the molecule is CO[C@H]([C@@H](O[Si](C)(C)C)[C@@H](CCO[Si](C)(C)C)C[C@@H](C)COCc1ccccc1)[C@@H](CCO[Si](C)(C)C(C)(C)C)O[Si](C)(C)C(C)(C)C. The molecule has 0 aliphatic rings. The molecule has 0 radical (unpaired) electrons. The van der Waals surface area contributed by atoms with Gasteiger partial charge in [-0.2, -0.15) is 0 Å². The maximum absolute atomic E-state index is 7.31. The predicted octanol–water partition coefficient (Wildman–Crippen LogP) is 11.1. The normalized spacial score (nSPS) is 17.2. The quantitative estimate of drug-likeness (QED) is 0.110. The van der Waals surface area contributed by atoms with Gasteiger partial charge in [-0.15, -0.1) is 0 Å². The summed E-state index contributed by atoms with van der Waals surface area (Å²) < 4.78 is 40.6. The molecule has 48 heavy (non-hydrogen) atoms. The van der Waals surface area contributed by atoms with Gasteiger partial charge in [-0.3, -0.25) is 0 Å². The van der Waals surface area contributed by atoms with E-state index in [0.29, 0.717) is 25.7 Å². The fourth-order valence-corrected chi connectivity index (χ4v) is 9.60. The first-order valence-corrected chi connectivity index (χ1v) is 31.1. The molecule has 0 aliphatic carbocycles. The summed E-state index contributed by atoms with van der Waals surface area (Å²) in [6.45, 7) is 41.9. The lowest BCUT2D eigenvalue weighted by molar-refractivity contribution is -0.0990. The van der Waals surface area contributed by atoms with Crippen LogP contribution in [0.1, 0.15) is 73.3 Å². The van der Waals surface area contributed by atoms with Crippen LogP contribution in [-0.2, 0) is 33.8 Å². The first-order chi connectivity index (χ1) is 21.7. The molecule has 0 heterocycles. The number of benzene rings is 1. The molecule has 0 spiro atoms. The van der Waals surface area contributed by atoms with Gasteiger partial charge in [0.25, 0.3) is 0 Å². The Morgan fingerprint density at radius 1 is 0.646 bits per heavy atom. The molecule has 0 saturated heterocycles. The van der Waals surface area contributed by atoms with E-state index >= 15 is 0 Å². The monoisotopic (exact) mass is 742 g/mol. The van der Waals surface area contributed by atoms with E-state index in [-0.39, 0.29) is 34.3 Å². The maximum atomic E-state index is 7.31. The first kappa shape index (κ1) is 45.9. The van der Waals surface area contributed by atoms with Crippen molar-refractivity contribution >= 4 is 33.3 Å². The van der Waals surface area contributed by atoms with Crippen molar-refractivity contribution in [2.24, 2.45) is 11.8 Å². The Morgan fingerprint density at radius 2 is 1.19 bits per heavy atom. The molecule has 5 atom stereocenters. The molecular weight excluding hydrogens is 665 g/mol. The number of hydrogen-bond acceptors (Lipinski definition) is 6. The second kappa shape index (κ2) is 19.1. The van der Waals surface area contributed by atoms with Crippen LogP contribution in [0.5, 0.6) is 0 Å². The summed E-state index contributed by atoms with van der Waals surface area (Å²) >= 11 is 0. The van der Waals surface area contributed by atoms with Crippen LogP contribution in [0.15, 0.2) is 30.3 Å². The number of rotatable bonds is 22. The highest BCUT2D eigenvalue weighted by Gasteiger charge is 2.45. The van der Waals surface area contributed by atoms with Crippen molar-refractivity contribution in [1.82, 2.24) is 0 Å². The van der Waals surface area contributed by atoms with Crippen LogP contribution in [0.3, 0.4) is 0 Å². The van der Waals surface area contributed by atoms with Crippen molar-refractivity contribution in [2.45, 2.75) is 168 Å². The standard InChI is InChI=1S/C38H78O6Si4/c1-31(29-40-30-32-22-20-19-21-23-32)28-33(24-26-41-45(9,10)11)35(44-46(12,13)14)36(39-8)34(43-48(17,18)38(5,6)7)25-27-42-47(15,16)37(2,3)4/h19-23,31,33-36H,24-30H2,1-18H3/t31-,33+,34-,35+,36+/m1/s1. The van der Waals surface area contributed by atoms with Crippen LogP contribution in [0.2, 0.25) is 75.5 Å². The summed E-state index contributed by atoms with van der Waals surface area (Å²) in [4.78, 5) is 0. The van der Waals surface area contributed by atoms with E-state index in [1.807, 2.05) is 13.2 Å². The zero-order chi connectivity index (χ0) is 37.2. The lowest BCUT2D eigenvalue weighted by Crippen LogP contribution is -2.55. The van der Waals surface area contributed by atoms with Crippen LogP contribution in [0.25, 0.3) is 0 Å². The van der Waals surface area contributed by atoms with Gasteiger partial charge in [0.05, 0.1) is 18.8 Å². The first-order valence-electron chi connectivity index (χ1n) is 18.5. The molecule has 0 aromatic heterocycles. The summed E-state index contributed by atoms with van der Waals surface area (Å²) in [6, 6.07) is 10.4. The molecule has 282 valence electrons. The lowest BCUT2D eigenvalue weighted by Gasteiger charge is -2.46. The van der Waals surface area contributed by atoms with E-state index in [1.54, 1.807) is 0 Å². The largest absolute Gasteiger partial charge is 0.418 e. The van der Waals surface area contributed by atoms with Crippen LogP contribution >= 0.6 is 0 Å². The molecule has 0 bridgehead atoms. The van der Waals surface area contributed by atoms with Crippen molar-refractivity contribution in [2.75, 3.05) is 26.9 Å². The molecule has 1 aromatic carbocycles. The third-order valence-electron chi connectivity index (χ3n) is 10.1. The Balaban J connectivity index is 3.50. The molecule has 0 saturated carbocycles. The molecule has 1 rings (SSSR count). The van der Waals surface area contributed by atoms with E-state index in [9.17, 15) is 0 Å². The third kappa shape index (κ3) is 16.9. The smallest absolute Gasteiger partial charge is 0.192 e. The van der Waals surface area contributed by atoms with Crippen molar-refractivity contribution < 1.29 is 27.2 Å². The summed E-state index contributed by atoms with van der Waals surface area (Å²) in [5.41, 5.74) is 1.20. The average Bonchev–Trinajstić information content (AvgIpc) is 2.90. The minimum atomic E-state index is -2.16. The fourth-order valence-electron chi connectivity index (χ4n) is 5.30. The molecule has 6 nitrogen and oxygen atoms in total. The Kier molecular flexibility index (Phi) is 18.2. The molecule has 0 unspecified atom stereocenters. The number of methoxy groups -OCH3 is 1. The van der Waals surface area contributed by atoms with Gasteiger partial charge in [0.2, 0.25) is 0 Å². The van der Waals surface area contributed by atoms with Gasteiger partial charge >= 0.3 is 0 Å². The zero-order valence-corrected chi connectivity index (χ0v) is 38.7. The number of ether oxygens (including phenoxy) is 2. The highest BCUT2D eigenvalue weighted by molar-refractivity contribution is 6.74. The maximum Gasteiger partial charge on any atom is 0.192 e. The fraction of sp³-hybridized carbons (Fsp3) is 0.842. The Morgan fingerprint density at radius 3 is 1.67 bits per heavy atom. The molecule has 1 aromatic rings. The van der Waals surface area contributed by atoms with Crippen molar-refractivity contribution in [3.8, 4) is 0 Å². The molecule has 0 aliphatic heterocycles. The molecule has 0 fully saturated rings. The van der Waals surface area contributed by atoms with Gasteiger partial charge in [-0.25, -0.2) is 0 Å². The highest BCUT2D eigenvalue weighted by atomic mass is 28.4. The van der Waals surface area contributed by atoms with Crippen molar-refractivity contribution in [3.63, 3.8) is 0 Å². The summed E-state index contributed by atoms with van der Waals surface area (Å²) in [7, 11) is -5.92. The molecule has 0 amide bonds. The lowest BCUT2D eigenvalue weighted by atomic mass is 9.85. The zero-order valence-electron chi connectivity index (χ0n) is 34.7. The van der Waals surface area contributed by atoms with E-state index in [2.05, 4.69) is 138 Å². The minimum absolute atomic E-state index is 0.0636. The van der Waals surface area contributed by atoms with Crippen LogP contribution in [0, 0.1) is 11.8 Å². The second-order valence-electron chi connectivity index (χ2n) is 19.1. The van der Waals surface area contributed by atoms with Gasteiger partial charge in [0.15, 0.2) is 33.3 Å². The van der Waals surface area contributed by atoms with E-state index in [0.717, 1.165) is 25.9 Å². The van der Waals surface area contributed by atoms with Gasteiger partial charge < -0.3 is 27.2 Å². The third-order valence-corrected chi connectivity index (χ3v) is 21.2. The Bertz CT molecular complexity index is 1020. The van der Waals surface area contributed by atoms with Crippen molar-refractivity contribution in [1.29, 1.82) is 0 Å². The Labute approximate surface area is 302 Å². The predicted molar refractivity (Wildman–Crippen MR) is 216 cm³/mol. The van der Waals surface area contributed by atoms with Gasteiger partial charge in [-0.05, 0) is 112 Å². The summed E-state index contributed by atoms with van der Waals surface area (Å²) in [5, 5.41) is 0.210. The topological polar surface area (TPSA) is 55.4 Å². The Hall–Kier alpha value is -0.152. The molecular formula is C38H78O6Si4. The van der Waals surface area contributed by atoms with E-state index < -0.39 is 33.3 Å². The van der Waals surface area contributed by atoms with E-state index in [1.165, 1.54) is 5.56 Å². The summed E-state index contributed by atoms with van der Waals surface area (Å²) in [6.07, 6.45) is 2.14. The summed E-state index contributed by atoms with van der Waals surface area (Å²) in [5.74, 6) is 0.567. The minimum Gasteiger partial charge on any atom is -0.418 e. The van der Waals surface area contributed by atoms with Crippen molar-refractivity contribution in [3.05, 3.63) is 35.9 Å². The van der Waals surface area contributed by atoms with Gasteiger partial charge in [0.1, 0.15) is 6.10 Å². The van der Waals surface area contributed by atoms with Crippen LogP contribution < -0.4 is 0 Å². The van der Waals surface area contributed by atoms with Crippen LogP contribution in [0.4, 0.5) is 0 Å². The highest BCUT2D eigenvalue weighted by Crippen LogP contribution is 2.41. The average molecular weight is 743 g/mol.